The van der Waals surface area contributed by atoms with Crippen LogP contribution in [-0.2, 0) is 4.74 Å². The standard InChI is InChI=1S/C18H28N4O2/c1-19-18(20-14-17-7-4-12-24-17)22-10-8-21(9-11-22)15-5-3-6-16(13-15)23-2/h3,5-6,13,17H,4,7-12,14H2,1-2H3,(H,19,20). The molecular weight excluding hydrogens is 304 g/mol. The second kappa shape index (κ2) is 8.24. The smallest absolute Gasteiger partial charge is 0.193 e. The minimum atomic E-state index is 0.333. The zero-order chi connectivity index (χ0) is 16.8. The van der Waals surface area contributed by atoms with Gasteiger partial charge < -0.3 is 24.6 Å². The molecule has 6 nitrogen and oxygen atoms in total. The second-order valence-corrected chi connectivity index (χ2v) is 6.24. The normalized spacial score (nSPS) is 21.9. The average molecular weight is 332 g/mol. The van der Waals surface area contributed by atoms with E-state index in [0.717, 1.165) is 57.5 Å². The van der Waals surface area contributed by atoms with Crippen molar-refractivity contribution in [2.75, 3.05) is 58.4 Å². The summed E-state index contributed by atoms with van der Waals surface area (Å²) in [6.07, 6.45) is 2.65. The topological polar surface area (TPSA) is 49.3 Å². The summed E-state index contributed by atoms with van der Waals surface area (Å²) < 4.78 is 11.0. The predicted octanol–water partition coefficient (Wildman–Crippen LogP) is 1.57. The number of rotatable bonds is 4. The summed E-state index contributed by atoms with van der Waals surface area (Å²) in [5.74, 6) is 1.89. The predicted molar refractivity (Wildman–Crippen MR) is 97.1 cm³/mol. The zero-order valence-electron chi connectivity index (χ0n) is 14.7. The summed E-state index contributed by atoms with van der Waals surface area (Å²) in [4.78, 5) is 9.16. The monoisotopic (exact) mass is 332 g/mol. The van der Waals surface area contributed by atoms with Crippen LogP contribution in [0.2, 0.25) is 0 Å². The van der Waals surface area contributed by atoms with E-state index in [1.54, 1.807) is 7.11 Å². The lowest BCUT2D eigenvalue weighted by Crippen LogP contribution is -2.53. The molecule has 1 aromatic rings. The molecule has 2 aliphatic rings. The number of guanidine groups is 1. The van der Waals surface area contributed by atoms with Crippen molar-refractivity contribution in [1.29, 1.82) is 0 Å². The Morgan fingerprint density at radius 2 is 2.17 bits per heavy atom. The first-order chi connectivity index (χ1) is 11.8. The number of aliphatic imine (C=N–C) groups is 1. The molecule has 2 heterocycles. The lowest BCUT2D eigenvalue weighted by atomic mass is 10.2. The van der Waals surface area contributed by atoms with Crippen molar-refractivity contribution in [1.82, 2.24) is 10.2 Å². The van der Waals surface area contributed by atoms with Crippen LogP contribution in [0.3, 0.4) is 0 Å². The van der Waals surface area contributed by atoms with E-state index in [2.05, 4.69) is 32.2 Å². The SMILES string of the molecule is CN=C(NCC1CCCO1)N1CCN(c2cccc(OC)c2)CC1. The van der Waals surface area contributed by atoms with Gasteiger partial charge in [0.25, 0.3) is 0 Å². The molecule has 132 valence electrons. The van der Waals surface area contributed by atoms with Gasteiger partial charge in [-0.1, -0.05) is 6.07 Å². The Kier molecular flexibility index (Phi) is 5.80. The molecular formula is C18H28N4O2. The average Bonchev–Trinajstić information content (AvgIpc) is 3.16. The molecule has 1 atom stereocenters. The summed E-state index contributed by atoms with van der Waals surface area (Å²) in [6.45, 7) is 5.62. The van der Waals surface area contributed by atoms with Gasteiger partial charge in [-0.2, -0.15) is 0 Å². The van der Waals surface area contributed by atoms with Crippen LogP contribution in [0.1, 0.15) is 12.8 Å². The van der Waals surface area contributed by atoms with Gasteiger partial charge in [0, 0.05) is 58.1 Å². The summed E-state index contributed by atoms with van der Waals surface area (Å²) in [6, 6.07) is 8.27. The number of anilines is 1. The summed E-state index contributed by atoms with van der Waals surface area (Å²) in [5, 5.41) is 3.47. The van der Waals surface area contributed by atoms with Crippen LogP contribution in [0.5, 0.6) is 5.75 Å². The fourth-order valence-electron chi connectivity index (χ4n) is 3.33. The van der Waals surface area contributed by atoms with Gasteiger partial charge in [-0.3, -0.25) is 4.99 Å². The fourth-order valence-corrected chi connectivity index (χ4v) is 3.33. The van der Waals surface area contributed by atoms with E-state index in [0.29, 0.717) is 6.10 Å². The molecule has 0 spiro atoms. The van der Waals surface area contributed by atoms with E-state index < -0.39 is 0 Å². The van der Waals surface area contributed by atoms with Crippen molar-refractivity contribution in [2.45, 2.75) is 18.9 Å². The van der Waals surface area contributed by atoms with Gasteiger partial charge in [0.05, 0.1) is 13.2 Å². The maximum Gasteiger partial charge on any atom is 0.193 e. The molecule has 1 aromatic carbocycles. The van der Waals surface area contributed by atoms with Gasteiger partial charge in [0.1, 0.15) is 5.75 Å². The molecule has 0 amide bonds. The molecule has 6 heteroatoms. The first-order valence-corrected chi connectivity index (χ1v) is 8.76. The molecule has 1 unspecified atom stereocenters. The number of hydrogen-bond donors (Lipinski definition) is 1. The molecule has 24 heavy (non-hydrogen) atoms. The largest absolute Gasteiger partial charge is 0.497 e. The van der Waals surface area contributed by atoms with Crippen molar-refractivity contribution in [3.05, 3.63) is 24.3 Å². The molecule has 2 fully saturated rings. The van der Waals surface area contributed by atoms with Gasteiger partial charge >= 0.3 is 0 Å². The van der Waals surface area contributed by atoms with E-state index in [1.807, 2.05) is 19.2 Å². The van der Waals surface area contributed by atoms with Crippen LogP contribution in [-0.4, -0.2) is 70.5 Å². The Hall–Kier alpha value is -1.95. The first kappa shape index (κ1) is 16.9. The van der Waals surface area contributed by atoms with E-state index in [4.69, 9.17) is 9.47 Å². The number of benzene rings is 1. The molecule has 3 rings (SSSR count). The second-order valence-electron chi connectivity index (χ2n) is 6.24. The number of piperazine rings is 1. The summed E-state index contributed by atoms with van der Waals surface area (Å²) in [5.41, 5.74) is 1.22. The van der Waals surface area contributed by atoms with Crippen LogP contribution in [0.25, 0.3) is 0 Å². The van der Waals surface area contributed by atoms with E-state index in [9.17, 15) is 0 Å². The third-order valence-electron chi connectivity index (χ3n) is 4.72. The number of nitrogens with one attached hydrogen (secondary N) is 1. The maximum absolute atomic E-state index is 5.68. The Balaban J connectivity index is 1.51. The minimum Gasteiger partial charge on any atom is -0.497 e. The van der Waals surface area contributed by atoms with Gasteiger partial charge in [-0.05, 0) is 25.0 Å². The highest BCUT2D eigenvalue weighted by Gasteiger charge is 2.21. The van der Waals surface area contributed by atoms with E-state index in [1.165, 1.54) is 12.1 Å². The molecule has 0 radical (unpaired) electrons. The highest BCUT2D eigenvalue weighted by molar-refractivity contribution is 5.80. The van der Waals surface area contributed by atoms with Crippen LogP contribution in [0, 0.1) is 0 Å². The van der Waals surface area contributed by atoms with Gasteiger partial charge in [-0.25, -0.2) is 0 Å². The van der Waals surface area contributed by atoms with Crippen LogP contribution < -0.4 is 15.0 Å². The van der Waals surface area contributed by atoms with E-state index in [-0.39, 0.29) is 0 Å². The van der Waals surface area contributed by atoms with Crippen molar-refractivity contribution >= 4 is 11.6 Å². The molecule has 0 saturated carbocycles. The molecule has 0 aliphatic carbocycles. The summed E-state index contributed by atoms with van der Waals surface area (Å²) >= 11 is 0. The number of nitrogens with zero attached hydrogens (tertiary/aromatic N) is 3. The van der Waals surface area contributed by atoms with Crippen molar-refractivity contribution in [2.24, 2.45) is 4.99 Å². The molecule has 2 aliphatic heterocycles. The van der Waals surface area contributed by atoms with Crippen LogP contribution in [0.4, 0.5) is 5.69 Å². The quantitative estimate of drug-likeness (QED) is 0.670. The lowest BCUT2D eigenvalue weighted by Gasteiger charge is -2.38. The Morgan fingerprint density at radius 1 is 1.33 bits per heavy atom. The van der Waals surface area contributed by atoms with Gasteiger partial charge in [0.15, 0.2) is 5.96 Å². The minimum absolute atomic E-state index is 0.333. The van der Waals surface area contributed by atoms with Crippen molar-refractivity contribution in [3.63, 3.8) is 0 Å². The summed E-state index contributed by atoms with van der Waals surface area (Å²) in [7, 11) is 3.56. The number of methoxy groups -OCH3 is 1. The third-order valence-corrected chi connectivity index (χ3v) is 4.72. The van der Waals surface area contributed by atoms with Crippen LogP contribution >= 0.6 is 0 Å². The number of ether oxygens (including phenoxy) is 2. The van der Waals surface area contributed by atoms with Gasteiger partial charge in [-0.15, -0.1) is 0 Å². The maximum atomic E-state index is 5.68. The van der Waals surface area contributed by atoms with Crippen molar-refractivity contribution in [3.8, 4) is 5.75 Å². The molecule has 0 bridgehead atoms. The Labute approximate surface area is 144 Å². The highest BCUT2D eigenvalue weighted by atomic mass is 16.5. The van der Waals surface area contributed by atoms with Crippen molar-refractivity contribution < 1.29 is 9.47 Å². The van der Waals surface area contributed by atoms with Gasteiger partial charge in [0.2, 0.25) is 0 Å². The first-order valence-electron chi connectivity index (χ1n) is 8.76. The van der Waals surface area contributed by atoms with Crippen LogP contribution in [0.15, 0.2) is 29.3 Å². The molecule has 2 saturated heterocycles. The Bertz CT molecular complexity index is 550. The lowest BCUT2D eigenvalue weighted by molar-refractivity contribution is 0.113. The zero-order valence-corrected chi connectivity index (χ0v) is 14.7. The molecule has 0 aromatic heterocycles. The Morgan fingerprint density at radius 3 is 2.83 bits per heavy atom. The molecule has 1 N–H and O–H groups in total. The van der Waals surface area contributed by atoms with E-state index >= 15 is 0 Å². The highest BCUT2D eigenvalue weighted by Crippen LogP contribution is 2.22. The fraction of sp³-hybridized carbons (Fsp3) is 0.611. The third kappa shape index (κ3) is 4.12. The number of hydrogen-bond acceptors (Lipinski definition) is 4.